The van der Waals surface area contributed by atoms with E-state index in [9.17, 15) is 43.2 Å². The Hall–Kier alpha value is -2.46. The van der Waals surface area contributed by atoms with E-state index in [0.717, 1.165) is 115 Å². The molecule has 0 saturated heterocycles. The molecule has 90 heavy (non-hydrogen) atoms. The highest BCUT2D eigenvalue weighted by atomic mass is 31.2. The normalized spacial score (nSPS) is 14.3. The summed E-state index contributed by atoms with van der Waals surface area (Å²) in [5.41, 5.74) is 0. The molecule has 0 aromatic heterocycles. The van der Waals surface area contributed by atoms with Crippen LogP contribution in [0, 0.1) is 11.8 Å². The maximum absolute atomic E-state index is 13.0. The van der Waals surface area contributed by atoms with E-state index in [2.05, 4.69) is 65.8 Å². The number of hydrogen-bond acceptors (Lipinski definition) is 15. The van der Waals surface area contributed by atoms with Crippen LogP contribution in [0.4, 0.5) is 0 Å². The molecule has 530 valence electrons. The summed E-state index contributed by atoms with van der Waals surface area (Å²) in [7, 11) is -9.91. The second-order valence-corrected chi connectivity index (χ2v) is 28.8. The quantitative estimate of drug-likeness (QED) is 0.0169. The highest BCUT2D eigenvalue weighted by molar-refractivity contribution is 7.47. The molecule has 0 aromatic carbocycles. The lowest BCUT2D eigenvalue weighted by molar-refractivity contribution is -0.161. The van der Waals surface area contributed by atoms with Gasteiger partial charge in [0.1, 0.15) is 19.3 Å². The van der Waals surface area contributed by atoms with Gasteiger partial charge in [-0.25, -0.2) is 9.13 Å². The Balaban J connectivity index is 5.29. The molecule has 0 spiro atoms. The molecule has 0 rings (SSSR count). The van der Waals surface area contributed by atoms with Gasteiger partial charge < -0.3 is 33.8 Å². The van der Waals surface area contributed by atoms with E-state index in [4.69, 9.17) is 37.0 Å². The predicted octanol–water partition coefficient (Wildman–Crippen LogP) is 19.9. The number of carbonyl (C=O) groups is 4. The Morgan fingerprint density at radius 3 is 0.911 bits per heavy atom. The van der Waals surface area contributed by atoms with Crippen LogP contribution in [0.15, 0.2) is 24.3 Å². The van der Waals surface area contributed by atoms with Gasteiger partial charge in [-0.15, -0.1) is 0 Å². The SMILES string of the molecule is CCCCCC/C=C\C=C/CCCCCCCC(=O)O[C@H](COC(=O)CCCCCCCCCCCCCC(C)C)COP(=O)(O)OC[C@@H](O)COP(=O)(O)OC[C@@H](COC(=O)CCCCCCCCCC(C)C)OC(=O)CCCCCCCCCCCCC. The zero-order valence-electron chi connectivity index (χ0n) is 57.9. The molecule has 19 heteroatoms. The van der Waals surface area contributed by atoms with E-state index in [1.54, 1.807) is 0 Å². The topological polar surface area (TPSA) is 237 Å². The Morgan fingerprint density at radius 2 is 0.600 bits per heavy atom. The summed E-state index contributed by atoms with van der Waals surface area (Å²) >= 11 is 0. The summed E-state index contributed by atoms with van der Waals surface area (Å²) in [4.78, 5) is 72.5. The maximum atomic E-state index is 13.0. The maximum Gasteiger partial charge on any atom is 0.472 e. The Morgan fingerprint density at radius 1 is 0.344 bits per heavy atom. The molecule has 0 aliphatic heterocycles. The van der Waals surface area contributed by atoms with Crippen LogP contribution in [0.3, 0.4) is 0 Å². The molecule has 17 nitrogen and oxygen atoms in total. The van der Waals surface area contributed by atoms with Crippen LogP contribution < -0.4 is 0 Å². The lowest BCUT2D eigenvalue weighted by Gasteiger charge is -2.21. The fourth-order valence-electron chi connectivity index (χ4n) is 10.2. The Bertz CT molecular complexity index is 1850. The third-order valence-electron chi connectivity index (χ3n) is 15.8. The smallest absolute Gasteiger partial charge is 0.462 e. The van der Waals surface area contributed by atoms with E-state index in [1.807, 2.05) is 0 Å². The number of carbonyl (C=O) groups excluding carboxylic acids is 4. The lowest BCUT2D eigenvalue weighted by Crippen LogP contribution is -2.30. The Kier molecular flexibility index (Phi) is 60.9. The molecule has 0 aliphatic carbocycles. The number of ether oxygens (including phenoxy) is 4. The van der Waals surface area contributed by atoms with Gasteiger partial charge in [-0.2, -0.15) is 0 Å². The first-order valence-electron chi connectivity index (χ1n) is 36.3. The molecular formula is C71H134O17P2. The Labute approximate surface area is 548 Å². The molecule has 5 atom stereocenters. The van der Waals surface area contributed by atoms with Crippen molar-refractivity contribution in [3.8, 4) is 0 Å². The molecular weight excluding hydrogens is 1190 g/mol. The number of unbranched alkanes of at least 4 members (excludes halogenated alkanes) is 35. The van der Waals surface area contributed by atoms with Crippen LogP contribution in [-0.4, -0.2) is 96.7 Å². The van der Waals surface area contributed by atoms with E-state index in [-0.39, 0.29) is 25.7 Å². The van der Waals surface area contributed by atoms with Crippen LogP contribution >= 0.6 is 15.6 Å². The minimum atomic E-state index is -4.96. The number of rotatable bonds is 68. The molecule has 0 heterocycles. The van der Waals surface area contributed by atoms with Crippen LogP contribution in [-0.2, 0) is 65.4 Å². The summed E-state index contributed by atoms with van der Waals surface area (Å²) in [5, 5.41) is 10.6. The van der Waals surface area contributed by atoms with Crippen LogP contribution in [0.25, 0.3) is 0 Å². The van der Waals surface area contributed by atoms with Gasteiger partial charge in [0.05, 0.1) is 26.4 Å². The van der Waals surface area contributed by atoms with Gasteiger partial charge in [-0.1, -0.05) is 284 Å². The molecule has 0 radical (unpaired) electrons. The number of allylic oxidation sites excluding steroid dienone is 4. The highest BCUT2D eigenvalue weighted by Gasteiger charge is 2.30. The number of aliphatic hydroxyl groups excluding tert-OH is 1. The number of esters is 4. The van der Waals surface area contributed by atoms with Crippen molar-refractivity contribution < 1.29 is 80.2 Å². The summed E-state index contributed by atoms with van der Waals surface area (Å²) in [6.07, 6.45) is 50.8. The first kappa shape index (κ1) is 87.5. The summed E-state index contributed by atoms with van der Waals surface area (Å²) < 4.78 is 68.2. The standard InChI is InChI=1S/C71H134O17P2/c1-7-9-11-13-15-17-19-20-21-22-26-31-37-44-50-56-71(76)87-66(59-81-68(73)53-47-41-35-29-27-23-25-28-33-39-45-51-63(3)4)61-85-89(77,78)83-57-65(72)58-84-90(79,80)86-62-67(60-82-69(74)54-48-42-38-32-34-40-46-52-64(5)6)88-70(75)55-49-43-36-30-24-18-16-14-12-10-8-2/h17,19-21,63-67,72H,7-16,18,22-62H2,1-6H3,(H,77,78)(H,79,80)/b19-17-,21-20-/t65-,66-,67-/m1/s1. The van der Waals surface area contributed by atoms with Gasteiger partial charge in [-0.05, 0) is 63.2 Å². The highest BCUT2D eigenvalue weighted by Crippen LogP contribution is 2.45. The van der Waals surface area contributed by atoms with Crippen molar-refractivity contribution in [2.45, 2.75) is 355 Å². The van der Waals surface area contributed by atoms with Crippen molar-refractivity contribution >= 4 is 39.5 Å². The molecule has 2 unspecified atom stereocenters. The van der Waals surface area contributed by atoms with Gasteiger partial charge in [0.2, 0.25) is 0 Å². The number of phosphoric ester groups is 2. The average Bonchev–Trinajstić information content (AvgIpc) is 3.70. The third kappa shape index (κ3) is 64.3. The third-order valence-corrected chi connectivity index (χ3v) is 17.7. The molecule has 0 aliphatic rings. The fourth-order valence-corrected chi connectivity index (χ4v) is 11.8. The number of phosphoric acid groups is 2. The molecule has 0 amide bonds. The number of hydrogen-bond donors (Lipinski definition) is 3. The molecule has 0 fully saturated rings. The zero-order valence-corrected chi connectivity index (χ0v) is 59.7. The second-order valence-electron chi connectivity index (χ2n) is 25.9. The van der Waals surface area contributed by atoms with E-state index >= 15 is 0 Å². The van der Waals surface area contributed by atoms with E-state index in [1.165, 1.54) is 135 Å². The fraction of sp³-hybridized carbons (Fsp3) is 0.887. The molecule has 0 aromatic rings. The van der Waals surface area contributed by atoms with Gasteiger partial charge in [0, 0.05) is 25.7 Å². The largest absolute Gasteiger partial charge is 0.472 e. The summed E-state index contributed by atoms with van der Waals surface area (Å²) in [6, 6.07) is 0. The van der Waals surface area contributed by atoms with Gasteiger partial charge >= 0.3 is 39.5 Å². The minimum absolute atomic E-state index is 0.0847. The van der Waals surface area contributed by atoms with Gasteiger partial charge in [0.15, 0.2) is 12.2 Å². The van der Waals surface area contributed by atoms with Crippen molar-refractivity contribution in [3.05, 3.63) is 24.3 Å². The minimum Gasteiger partial charge on any atom is -0.462 e. The first-order chi connectivity index (χ1) is 43.4. The first-order valence-corrected chi connectivity index (χ1v) is 39.3. The monoisotopic (exact) mass is 1320 g/mol. The van der Waals surface area contributed by atoms with Crippen molar-refractivity contribution in [2.24, 2.45) is 11.8 Å². The predicted molar refractivity (Wildman–Crippen MR) is 363 cm³/mol. The number of aliphatic hydroxyl groups is 1. The summed E-state index contributed by atoms with van der Waals surface area (Å²) in [6.45, 7) is 9.43. The second kappa shape index (κ2) is 62.6. The molecule has 0 bridgehead atoms. The lowest BCUT2D eigenvalue weighted by atomic mass is 10.0. The van der Waals surface area contributed by atoms with Crippen LogP contribution in [0.5, 0.6) is 0 Å². The van der Waals surface area contributed by atoms with Crippen molar-refractivity contribution in [1.29, 1.82) is 0 Å². The summed E-state index contributed by atoms with van der Waals surface area (Å²) in [5.74, 6) is -0.682. The average molecular weight is 1320 g/mol. The van der Waals surface area contributed by atoms with Gasteiger partial charge in [0.25, 0.3) is 0 Å². The van der Waals surface area contributed by atoms with Crippen LogP contribution in [0.1, 0.15) is 337 Å². The van der Waals surface area contributed by atoms with E-state index in [0.29, 0.717) is 31.6 Å². The molecule has 3 N–H and O–H groups in total. The van der Waals surface area contributed by atoms with Crippen molar-refractivity contribution in [3.63, 3.8) is 0 Å². The van der Waals surface area contributed by atoms with Crippen molar-refractivity contribution in [2.75, 3.05) is 39.6 Å². The van der Waals surface area contributed by atoms with Crippen LogP contribution in [0.2, 0.25) is 0 Å². The molecule has 0 saturated carbocycles. The zero-order chi connectivity index (χ0) is 66.5. The van der Waals surface area contributed by atoms with E-state index < -0.39 is 97.5 Å². The van der Waals surface area contributed by atoms with Crippen molar-refractivity contribution in [1.82, 2.24) is 0 Å². The van der Waals surface area contributed by atoms with Gasteiger partial charge in [-0.3, -0.25) is 37.3 Å².